The van der Waals surface area contributed by atoms with E-state index in [2.05, 4.69) is 25.9 Å². The third-order valence-corrected chi connectivity index (χ3v) is 3.12. The number of hydrogen-bond donors (Lipinski definition) is 2. The van der Waals surface area contributed by atoms with Gasteiger partial charge in [0.15, 0.2) is 11.6 Å². The smallest absolute Gasteiger partial charge is 0.406 e. The molecule has 1 aromatic heterocycles. The van der Waals surface area contributed by atoms with E-state index < -0.39 is 17.9 Å². The van der Waals surface area contributed by atoms with Gasteiger partial charge in [0.1, 0.15) is 5.82 Å². The third kappa shape index (κ3) is 4.05. The number of nitrogens with one attached hydrogen (secondary N) is 2. The molecule has 3 amide bonds. The van der Waals surface area contributed by atoms with Crippen molar-refractivity contribution in [3.8, 4) is 17.1 Å². The number of benzene rings is 1. The van der Waals surface area contributed by atoms with Crippen LogP contribution < -0.4 is 15.6 Å². The number of amides is 3. The van der Waals surface area contributed by atoms with Gasteiger partial charge >= 0.3 is 12.1 Å². The molecule has 0 aliphatic carbocycles. The fourth-order valence-electron chi connectivity index (χ4n) is 2.02. The zero-order valence-corrected chi connectivity index (χ0v) is 13.1. The summed E-state index contributed by atoms with van der Waals surface area (Å²) < 4.78 is 18.2. The first-order valence-corrected chi connectivity index (χ1v) is 7.18. The highest BCUT2D eigenvalue weighted by molar-refractivity contribution is 5.92. The zero-order chi connectivity index (χ0) is 17.8. The maximum atomic E-state index is 13.2. The topological polar surface area (TPSA) is 109 Å². The predicted molar refractivity (Wildman–Crippen MR) is 84.9 cm³/mol. The molecule has 1 aromatic carbocycles. The van der Waals surface area contributed by atoms with Gasteiger partial charge in [-0.2, -0.15) is 5.10 Å². The molecule has 128 valence electrons. The SMILES string of the molecule is CC1=NNC(=O)N(NC(=O)Oc2cnc(-c3cccc(F)c3)nc2)C1. The first-order valence-electron chi connectivity index (χ1n) is 7.18. The lowest BCUT2D eigenvalue weighted by Crippen LogP contribution is -2.54. The molecule has 3 rings (SSSR count). The average molecular weight is 344 g/mol. The van der Waals surface area contributed by atoms with Crippen LogP contribution in [0.2, 0.25) is 0 Å². The van der Waals surface area contributed by atoms with E-state index in [0.29, 0.717) is 11.3 Å². The predicted octanol–water partition coefficient (Wildman–Crippen LogP) is 1.69. The van der Waals surface area contributed by atoms with E-state index in [4.69, 9.17) is 4.74 Å². The van der Waals surface area contributed by atoms with Crippen molar-refractivity contribution in [3.63, 3.8) is 0 Å². The fourth-order valence-corrected chi connectivity index (χ4v) is 2.02. The number of hydrogen-bond acceptors (Lipinski definition) is 6. The van der Waals surface area contributed by atoms with E-state index in [-0.39, 0.29) is 18.1 Å². The molecule has 0 fully saturated rings. The lowest BCUT2D eigenvalue weighted by Gasteiger charge is -2.24. The summed E-state index contributed by atoms with van der Waals surface area (Å²) >= 11 is 0. The molecular formula is C15H13FN6O3. The van der Waals surface area contributed by atoms with Crippen LogP contribution in [-0.2, 0) is 0 Å². The number of hydrazine groups is 1. The largest absolute Gasteiger partial charge is 0.431 e. The Hall–Kier alpha value is -3.56. The van der Waals surface area contributed by atoms with Crippen LogP contribution in [0.1, 0.15) is 6.92 Å². The number of hydrazone groups is 1. The minimum absolute atomic E-state index is 0.0699. The van der Waals surface area contributed by atoms with Gasteiger partial charge < -0.3 is 4.74 Å². The van der Waals surface area contributed by atoms with Crippen molar-refractivity contribution in [2.24, 2.45) is 5.10 Å². The summed E-state index contributed by atoms with van der Waals surface area (Å²) in [5.74, 6) is -0.0468. The molecule has 1 aliphatic heterocycles. The number of halogens is 1. The molecule has 2 N–H and O–H groups in total. The molecule has 0 atom stereocenters. The van der Waals surface area contributed by atoms with Crippen molar-refractivity contribution < 1.29 is 18.7 Å². The van der Waals surface area contributed by atoms with Crippen LogP contribution in [0.15, 0.2) is 41.8 Å². The van der Waals surface area contributed by atoms with Crippen molar-refractivity contribution in [2.45, 2.75) is 6.92 Å². The average Bonchev–Trinajstić information content (AvgIpc) is 2.59. The van der Waals surface area contributed by atoms with Crippen LogP contribution in [0.4, 0.5) is 14.0 Å². The minimum Gasteiger partial charge on any atom is -0.406 e. The number of aromatic nitrogens is 2. The Balaban J connectivity index is 1.62. The minimum atomic E-state index is -0.882. The second-order valence-electron chi connectivity index (χ2n) is 5.10. The van der Waals surface area contributed by atoms with Crippen molar-refractivity contribution in [1.29, 1.82) is 0 Å². The number of nitrogens with zero attached hydrogens (tertiary/aromatic N) is 4. The van der Waals surface area contributed by atoms with Crippen LogP contribution in [0, 0.1) is 5.82 Å². The number of carbonyl (C=O) groups is 2. The monoisotopic (exact) mass is 344 g/mol. The van der Waals surface area contributed by atoms with Gasteiger partial charge in [-0.3, -0.25) is 0 Å². The molecule has 0 saturated carbocycles. The number of carbonyl (C=O) groups excluding carboxylic acids is 2. The Bertz CT molecular complexity index is 839. The summed E-state index contributed by atoms with van der Waals surface area (Å²) in [6.07, 6.45) is 1.66. The molecule has 2 aromatic rings. The molecular weight excluding hydrogens is 331 g/mol. The standard InChI is InChI=1S/C15H13FN6O3/c1-9-8-22(14(23)20-19-9)21-15(24)25-12-6-17-13(18-7-12)10-3-2-4-11(16)5-10/h2-7H,8H2,1H3,(H,20,23)(H,21,24). The van der Waals surface area contributed by atoms with Crippen LogP contribution >= 0.6 is 0 Å². The van der Waals surface area contributed by atoms with E-state index in [1.54, 1.807) is 19.1 Å². The van der Waals surface area contributed by atoms with E-state index in [9.17, 15) is 14.0 Å². The first kappa shape index (κ1) is 16.3. The highest BCUT2D eigenvalue weighted by Gasteiger charge is 2.21. The van der Waals surface area contributed by atoms with Gasteiger partial charge in [0.05, 0.1) is 24.7 Å². The highest BCUT2D eigenvalue weighted by atomic mass is 19.1. The lowest BCUT2D eigenvalue weighted by molar-refractivity contribution is 0.151. The molecule has 0 radical (unpaired) electrons. The lowest BCUT2D eigenvalue weighted by atomic mass is 10.2. The van der Waals surface area contributed by atoms with Crippen LogP contribution in [0.5, 0.6) is 5.75 Å². The molecule has 9 nitrogen and oxygen atoms in total. The van der Waals surface area contributed by atoms with Gasteiger partial charge in [0, 0.05) is 5.56 Å². The first-order chi connectivity index (χ1) is 12.0. The molecule has 2 heterocycles. The quantitative estimate of drug-likeness (QED) is 0.881. The third-order valence-electron chi connectivity index (χ3n) is 3.12. The van der Waals surface area contributed by atoms with Gasteiger partial charge in [-0.25, -0.2) is 39.8 Å². The number of urea groups is 1. The van der Waals surface area contributed by atoms with Gasteiger partial charge in [-0.1, -0.05) is 12.1 Å². The van der Waals surface area contributed by atoms with Crippen molar-refractivity contribution in [2.75, 3.05) is 6.54 Å². The molecule has 0 unspecified atom stereocenters. The van der Waals surface area contributed by atoms with Crippen molar-refractivity contribution >= 4 is 17.8 Å². The molecule has 25 heavy (non-hydrogen) atoms. The Kier molecular flexibility index (Phi) is 4.50. The van der Waals surface area contributed by atoms with E-state index in [0.717, 1.165) is 5.01 Å². The van der Waals surface area contributed by atoms with E-state index in [1.165, 1.54) is 24.5 Å². The molecule has 0 saturated heterocycles. The van der Waals surface area contributed by atoms with Crippen LogP contribution in [0.25, 0.3) is 11.4 Å². The fraction of sp³-hybridized carbons (Fsp3) is 0.133. The Morgan fingerprint density at radius 2 is 2.12 bits per heavy atom. The van der Waals surface area contributed by atoms with Crippen molar-refractivity contribution in [1.82, 2.24) is 25.8 Å². The maximum Gasteiger partial charge on any atom is 0.431 e. The van der Waals surface area contributed by atoms with Gasteiger partial charge in [-0.05, 0) is 19.1 Å². The summed E-state index contributed by atoms with van der Waals surface area (Å²) in [4.78, 5) is 31.4. The summed E-state index contributed by atoms with van der Waals surface area (Å²) in [5, 5.41) is 4.75. The number of rotatable bonds is 3. The summed E-state index contributed by atoms with van der Waals surface area (Å²) in [7, 11) is 0. The summed E-state index contributed by atoms with van der Waals surface area (Å²) in [6, 6.07) is 5.22. The Morgan fingerprint density at radius 3 is 2.84 bits per heavy atom. The Labute approximate surface area is 141 Å². The second-order valence-corrected chi connectivity index (χ2v) is 5.10. The molecule has 10 heteroatoms. The Morgan fingerprint density at radius 1 is 1.36 bits per heavy atom. The molecule has 1 aliphatic rings. The summed E-state index contributed by atoms with van der Waals surface area (Å²) in [6.45, 7) is 1.83. The van der Waals surface area contributed by atoms with Crippen LogP contribution in [0.3, 0.4) is 0 Å². The van der Waals surface area contributed by atoms with Gasteiger partial charge in [0.25, 0.3) is 0 Å². The normalized spacial score (nSPS) is 13.8. The van der Waals surface area contributed by atoms with Gasteiger partial charge in [-0.15, -0.1) is 0 Å². The van der Waals surface area contributed by atoms with Crippen LogP contribution in [-0.4, -0.2) is 39.4 Å². The number of ether oxygens (including phenoxy) is 1. The second kappa shape index (κ2) is 6.91. The maximum absolute atomic E-state index is 13.2. The van der Waals surface area contributed by atoms with Gasteiger partial charge in [0.2, 0.25) is 0 Å². The van der Waals surface area contributed by atoms with E-state index in [1.807, 2.05) is 0 Å². The van der Waals surface area contributed by atoms with E-state index >= 15 is 0 Å². The molecule has 0 spiro atoms. The molecule has 0 bridgehead atoms. The van der Waals surface area contributed by atoms with Crippen molar-refractivity contribution in [3.05, 3.63) is 42.5 Å². The zero-order valence-electron chi connectivity index (χ0n) is 13.1. The summed E-state index contributed by atoms with van der Waals surface area (Å²) in [5.41, 5.74) is 5.62. The highest BCUT2D eigenvalue weighted by Crippen LogP contribution is 2.17.